The predicted octanol–water partition coefficient (Wildman–Crippen LogP) is -3.95. The van der Waals surface area contributed by atoms with Crippen molar-refractivity contribution in [2.75, 3.05) is 6.61 Å². The number of imide groups is 1. The number of amides is 3. The van der Waals surface area contributed by atoms with Crippen LogP contribution in [0.1, 0.15) is 6.92 Å². The molecule has 0 spiro atoms. The van der Waals surface area contributed by atoms with Gasteiger partial charge in [-0.15, -0.1) is 0 Å². The third kappa shape index (κ3) is 2.06. The van der Waals surface area contributed by atoms with Gasteiger partial charge in [0.1, 0.15) is 18.3 Å². The lowest BCUT2D eigenvalue weighted by Gasteiger charge is -2.43. The molecule has 0 radical (unpaired) electrons. The summed E-state index contributed by atoms with van der Waals surface area (Å²) in [6.07, 6.45) is -7.74. The SMILES string of the molecule is C[C@]1(O)C(=O)NC(=O)N([C@@H]2O[C@H](CO)[C@@H](O)[C@H]2O)[C@H]1O. The Hall–Kier alpha value is -1.30. The monoisotopic (exact) mass is 292 g/mol. The summed E-state index contributed by atoms with van der Waals surface area (Å²) in [5.41, 5.74) is -2.31. The summed E-state index contributed by atoms with van der Waals surface area (Å²) in [4.78, 5) is 23.6. The van der Waals surface area contributed by atoms with Gasteiger partial charge in [-0.2, -0.15) is 0 Å². The molecule has 6 N–H and O–H groups in total. The third-order valence-corrected chi connectivity index (χ3v) is 3.47. The van der Waals surface area contributed by atoms with E-state index in [4.69, 9.17) is 9.84 Å². The molecule has 10 heteroatoms. The van der Waals surface area contributed by atoms with E-state index in [9.17, 15) is 30.0 Å². The summed E-state index contributed by atoms with van der Waals surface area (Å²) >= 11 is 0. The van der Waals surface area contributed by atoms with Crippen LogP contribution in [0.4, 0.5) is 4.79 Å². The van der Waals surface area contributed by atoms with Crippen LogP contribution in [0, 0.1) is 0 Å². The molecule has 20 heavy (non-hydrogen) atoms. The Bertz CT molecular complexity index is 427. The Labute approximate surface area is 113 Å². The van der Waals surface area contributed by atoms with E-state index in [1.54, 1.807) is 5.32 Å². The first-order valence-corrected chi connectivity index (χ1v) is 5.88. The van der Waals surface area contributed by atoms with Crippen molar-refractivity contribution in [1.82, 2.24) is 10.2 Å². The molecule has 3 amide bonds. The maximum atomic E-state index is 11.7. The first kappa shape index (κ1) is 15.1. The van der Waals surface area contributed by atoms with Crippen LogP contribution in [0.5, 0.6) is 0 Å². The number of nitrogens with one attached hydrogen (secondary N) is 1. The fraction of sp³-hybridized carbons (Fsp3) is 0.800. The van der Waals surface area contributed by atoms with Crippen LogP contribution >= 0.6 is 0 Å². The number of hydrogen-bond donors (Lipinski definition) is 6. The summed E-state index contributed by atoms with van der Waals surface area (Å²) < 4.78 is 5.08. The zero-order valence-corrected chi connectivity index (χ0v) is 10.5. The normalized spacial score (nSPS) is 45.7. The lowest BCUT2D eigenvalue weighted by Crippen LogP contribution is -2.71. The average Bonchev–Trinajstić information content (AvgIpc) is 2.65. The maximum Gasteiger partial charge on any atom is 0.328 e. The Kier molecular flexibility index (Phi) is 3.71. The predicted molar refractivity (Wildman–Crippen MR) is 59.8 cm³/mol. The van der Waals surface area contributed by atoms with Crippen molar-refractivity contribution in [3.63, 3.8) is 0 Å². The van der Waals surface area contributed by atoms with E-state index < -0.39 is 54.9 Å². The second kappa shape index (κ2) is 4.91. The van der Waals surface area contributed by atoms with E-state index >= 15 is 0 Å². The fourth-order valence-corrected chi connectivity index (χ4v) is 2.15. The van der Waals surface area contributed by atoms with Crippen LogP contribution in [0.15, 0.2) is 0 Å². The summed E-state index contributed by atoms with van der Waals surface area (Å²) in [7, 11) is 0. The van der Waals surface area contributed by atoms with Crippen LogP contribution in [-0.4, -0.2) is 85.3 Å². The lowest BCUT2D eigenvalue weighted by atomic mass is 9.99. The number of carbonyl (C=O) groups excluding carboxylic acids is 2. The van der Waals surface area contributed by atoms with E-state index in [-0.39, 0.29) is 0 Å². The van der Waals surface area contributed by atoms with E-state index in [1.807, 2.05) is 0 Å². The Morgan fingerprint density at radius 2 is 1.90 bits per heavy atom. The summed E-state index contributed by atoms with van der Waals surface area (Å²) in [5, 5.41) is 49.9. The molecule has 0 aromatic rings. The van der Waals surface area contributed by atoms with Gasteiger partial charge in [0.05, 0.1) is 6.61 Å². The summed E-state index contributed by atoms with van der Waals surface area (Å²) in [6, 6.07) is -1.09. The first-order valence-electron chi connectivity index (χ1n) is 5.88. The highest BCUT2D eigenvalue weighted by Gasteiger charge is 2.56. The Morgan fingerprint density at radius 3 is 2.40 bits per heavy atom. The standard InChI is InChI=1S/C10H16N2O8/c1-10(19)7(16)11-9(18)12(8(10)17)6-5(15)4(14)3(2-13)20-6/h3-6,8,13-15,17,19H,2H2,1H3,(H,11,16,18)/t3-,4-,5-,6-,8+,10+/m1/s1. The van der Waals surface area contributed by atoms with Crippen molar-refractivity contribution in [2.45, 2.75) is 43.3 Å². The van der Waals surface area contributed by atoms with Gasteiger partial charge in [0.2, 0.25) is 0 Å². The van der Waals surface area contributed by atoms with E-state index in [2.05, 4.69) is 0 Å². The van der Waals surface area contributed by atoms with Crippen molar-refractivity contribution in [2.24, 2.45) is 0 Å². The number of rotatable bonds is 2. The number of aliphatic hydroxyl groups is 5. The second-order valence-electron chi connectivity index (χ2n) is 4.92. The molecule has 2 fully saturated rings. The van der Waals surface area contributed by atoms with E-state index in [0.717, 1.165) is 6.92 Å². The van der Waals surface area contributed by atoms with Crippen LogP contribution in [0.2, 0.25) is 0 Å². The molecule has 2 aliphatic heterocycles. The van der Waals surface area contributed by atoms with Crippen LogP contribution in [0.25, 0.3) is 0 Å². The van der Waals surface area contributed by atoms with Gasteiger partial charge in [0, 0.05) is 0 Å². The smallest absolute Gasteiger partial charge is 0.328 e. The fourth-order valence-electron chi connectivity index (χ4n) is 2.15. The molecule has 0 saturated carbocycles. The molecule has 0 unspecified atom stereocenters. The quantitative estimate of drug-likeness (QED) is 0.300. The molecule has 2 saturated heterocycles. The number of ether oxygens (including phenoxy) is 1. The van der Waals surface area contributed by atoms with Crippen LogP contribution < -0.4 is 5.32 Å². The summed E-state index contributed by atoms with van der Waals surface area (Å²) in [5.74, 6) is -1.10. The average molecular weight is 292 g/mol. The number of nitrogens with zero attached hydrogens (tertiary/aromatic N) is 1. The molecule has 0 aliphatic carbocycles. The highest BCUT2D eigenvalue weighted by Crippen LogP contribution is 2.29. The molecule has 0 aromatic carbocycles. The Balaban J connectivity index is 2.28. The molecule has 2 aliphatic rings. The molecule has 10 nitrogen and oxygen atoms in total. The minimum absolute atomic E-state index is 0.505. The second-order valence-corrected chi connectivity index (χ2v) is 4.92. The lowest BCUT2D eigenvalue weighted by molar-refractivity contribution is -0.201. The van der Waals surface area contributed by atoms with Crippen molar-refractivity contribution in [3.8, 4) is 0 Å². The molecule has 0 aromatic heterocycles. The van der Waals surface area contributed by atoms with Crippen molar-refractivity contribution in [3.05, 3.63) is 0 Å². The number of hydrogen-bond acceptors (Lipinski definition) is 8. The van der Waals surface area contributed by atoms with E-state index in [1.165, 1.54) is 0 Å². The largest absolute Gasteiger partial charge is 0.394 e. The van der Waals surface area contributed by atoms with Gasteiger partial charge in [-0.1, -0.05) is 0 Å². The molecule has 114 valence electrons. The summed E-state index contributed by atoms with van der Waals surface area (Å²) in [6.45, 7) is 0.364. The highest BCUT2D eigenvalue weighted by molar-refractivity contribution is 6.01. The minimum atomic E-state index is -2.31. The van der Waals surface area contributed by atoms with Crippen molar-refractivity contribution < 1.29 is 39.9 Å². The highest BCUT2D eigenvalue weighted by atomic mass is 16.6. The molecule has 6 atom stereocenters. The van der Waals surface area contributed by atoms with Gasteiger partial charge < -0.3 is 30.3 Å². The zero-order chi connectivity index (χ0) is 15.2. The third-order valence-electron chi connectivity index (χ3n) is 3.47. The molecule has 0 bridgehead atoms. The molecular weight excluding hydrogens is 276 g/mol. The van der Waals surface area contributed by atoms with Gasteiger partial charge >= 0.3 is 6.03 Å². The van der Waals surface area contributed by atoms with E-state index in [0.29, 0.717) is 4.90 Å². The molecular formula is C10H16N2O8. The molecule has 2 heterocycles. The van der Waals surface area contributed by atoms with Gasteiger partial charge in [-0.25, -0.2) is 4.79 Å². The van der Waals surface area contributed by atoms with Gasteiger partial charge in [0.15, 0.2) is 18.1 Å². The van der Waals surface area contributed by atoms with Crippen LogP contribution in [0.3, 0.4) is 0 Å². The van der Waals surface area contributed by atoms with Gasteiger partial charge in [-0.05, 0) is 6.92 Å². The zero-order valence-electron chi connectivity index (χ0n) is 10.5. The number of carbonyl (C=O) groups is 2. The van der Waals surface area contributed by atoms with Crippen LogP contribution in [-0.2, 0) is 9.53 Å². The molecule has 2 rings (SSSR count). The number of urea groups is 1. The minimum Gasteiger partial charge on any atom is -0.394 e. The maximum absolute atomic E-state index is 11.7. The Morgan fingerprint density at radius 1 is 1.30 bits per heavy atom. The number of aliphatic hydroxyl groups excluding tert-OH is 4. The van der Waals surface area contributed by atoms with Gasteiger partial charge in [-0.3, -0.25) is 15.0 Å². The topological polar surface area (TPSA) is 160 Å². The first-order chi connectivity index (χ1) is 9.21. The van der Waals surface area contributed by atoms with Gasteiger partial charge in [0.25, 0.3) is 5.91 Å². The van der Waals surface area contributed by atoms with Crippen molar-refractivity contribution >= 4 is 11.9 Å². The van der Waals surface area contributed by atoms with Crippen molar-refractivity contribution in [1.29, 1.82) is 0 Å².